The Labute approximate surface area is 113 Å². The van der Waals surface area contributed by atoms with Crippen molar-refractivity contribution in [3.05, 3.63) is 0 Å². The fourth-order valence-corrected chi connectivity index (χ4v) is 3.13. The highest BCUT2D eigenvalue weighted by molar-refractivity contribution is 8.00. The van der Waals surface area contributed by atoms with Crippen LogP contribution in [0.4, 0.5) is 0 Å². The number of rotatable bonds is 6. The molecule has 0 aliphatic carbocycles. The van der Waals surface area contributed by atoms with Crippen LogP contribution in [0.3, 0.4) is 0 Å². The Kier molecular flexibility index (Phi) is 6.15. The van der Waals surface area contributed by atoms with E-state index in [-0.39, 0.29) is 29.8 Å². The summed E-state index contributed by atoms with van der Waals surface area (Å²) in [4.78, 5) is 23.2. The van der Waals surface area contributed by atoms with E-state index in [9.17, 15) is 9.59 Å². The van der Waals surface area contributed by atoms with E-state index in [0.29, 0.717) is 11.0 Å². The number of carbonyl (C=O) groups excluding carboxylic acids is 2. The Morgan fingerprint density at radius 2 is 2.11 bits per heavy atom. The summed E-state index contributed by atoms with van der Waals surface area (Å²) in [5, 5.41) is 3.20. The van der Waals surface area contributed by atoms with E-state index in [1.165, 1.54) is 6.92 Å². The molecule has 1 amide bonds. The molecule has 1 heterocycles. The molecule has 0 radical (unpaired) electrons. The average molecular weight is 273 g/mol. The number of hydrogen-bond donors (Lipinski definition) is 1. The normalized spacial score (nSPS) is 25.2. The number of carbonyl (C=O) groups is 2. The summed E-state index contributed by atoms with van der Waals surface area (Å²) in [5.41, 5.74) is 0. The lowest BCUT2D eigenvalue weighted by Crippen LogP contribution is -2.44. The Morgan fingerprint density at radius 3 is 2.56 bits per heavy atom. The molecule has 3 unspecified atom stereocenters. The minimum absolute atomic E-state index is 0.0147. The zero-order chi connectivity index (χ0) is 13.7. The van der Waals surface area contributed by atoms with Crippen LogP contribution in [0.2, 0.25) is 0 Å². The van der Waals surface area contributed by atoms with Crippen molar-refractivity contribution < 1.29 is 14.3 Å². The third-order valence-corrected chi connectivity index (χ3v) is 4.63. The van der Waals surface area contributed by atoms with Gasteiger partial charge in [-0.3, -0.25) is 9.59 Å². The lowest BCUT2D eigenvalue weighted by atomic mass is 10.0. The topological polar surface area (TPSA) is 55.4 Å². The second-order valence-electron chi connectivity index (χ2n) is 5.11. The number of nitrogens with one attached hydrogen (secondary N) is 1. The van der Waals surface area contributed by atoms with Gasteiger partial charge in [-0.05, 0) is 26.2 Å². The third kappa shape index (κ3) is 4.61. The molecule has 3 atom stereocenters. The van der Waals surface area contributed by atoms with Crippen molar-refractivity contribution in [2.45, 2.75) is 51.5 Å². The summed E-state index contributed by atoms with van der Waals surface area (Å²) in [6.07, 6.45) is 1.22. The Morgan fingerprint density at radius 1 is 1.44 bits per heavy atom. The lowest BCUT2D eigenvalue weighted by Gasteiger charge is -2.20. The highest BCUT2D eigenvalue weighted by Gasteiger charge is 2.26. The van der Waals surface area contributed by atoms with Crippen LogP contribution in [0.1, 0.15) is 34.1 Å². The Bertz CT molecular complexity index is 307. The Hall–Kier alpha value is -0.550. The predicted octanol–water partition coefficient (Wildman–Crippen LogP) is 1.63. The molecule has 5 heteroatoms. The lowest BCUT2D eigenvalue weighted by molar-refractivity contribution is -0.126. The molecule has 0 aromatic carbocycles. The molecule has 4 nitrogen and oxygen atoms in total. The molecule has 18 heavy (non-hydrogen) atoms. The first kappa shape index (κ1) is 15.5. The maximum absolute atomic E-state index is 11.8. The van der Waals surface area contributed by atoms with Crippen molar-refractivity contribution in [2.75, 3.05) is 12.4 Å². The van der Waals surface area contributed by atoms with Crippen LogP contribution in [0.5, 0.6) is 0 Å². The van der Waals surface area contributed by atoms with Crippen molar-refractivity contribution >= 4 is 23.5 Å². The van der Waals surface area contributed by atoms with E-state index in [1.807, 2.05) is 20.8 Å². The number of ketones is 1. The highest BCUT2D eigenvalue weighted by Crippen LogP contribution is 2.25. The second kappa shape index (κ2) is 7.14. The minimum Gasteiger partial charge on any atom is -0.377 e. The number of ether oxygens (including phenoxy) is 1. The SMILES string of the molecule is CC(=O)C(NC(=O)CSC1CCOC1C)C(C)C. The third-order valence-electron chi connectivity index (χ3n) is 3.16. The number of amides is 1. The average Bonchev–Trinajstić information content (AvgIpc) is 2.68. The van der Waals surface area contributed by atoms with Gasteiger partial charge in [-0.15, -0.1) is 11.8 Å². The molecule has 1 aliphatic rings. The molecule has 1 saturated heterocycles. The first-order valence-corrected chi connectivity index (χ1v) is 7.49. The van der Waals surface area contributed by atoms with Gasteiger partial charge in [0.25, 0.3) is 0 Å². The van der Waals surface area contributed by atoms with Gasteiger partial charge in [0.1, 0.15) is 0 Å². The summed E-state index contributed by atoms with van der Waals surface area (Å²) in [5.74, 6) is 0.480. The van der Waals surface area contributed by atoms with Crippen LogP contribution in [0.15, 0.2) is 0 Å². The molecular formula is C13H23NO3S. The summed E-state index contributed by atoms with van der Waals surface area (Å²) < 4.78 is 5.45. The molecule has 0 aromatic heterocycles. The fraction of sp³-hybridized carbons (Fsp3) is 0.846. The van der Waals surface area contributed by atoms with Crippen LogP contribution >= 0.6 is 11.8 Å². The molecule has 0 bridgehead atoms. The molecule has 1 rings (SSSR count). The quantitative estimate of drug-likeness (QED) is 0.799. The molecule has 0 spiro atoms. The van der Waals surface area contributed by atoms with Crippen LogP contribution in [0, 0.1) is 5.92 Å². The van der Waals surface area contributed by atoms with Gasteiger partial charge < -0.3 is 10.1 Å². The number of thioether (sulfide) groups is 1. The van der Waals surface area contributed by atoms with Crippen molar-refractivity contribution in [1.29, 1.82) is 0 Å². The van der Waals surface area contributed by atoms with Crippen LogP contribution in [-0.2, 0) is 14.3 Å². The molecule has 0 aromatic rings. The minimum atomic E-state index is -0.365. The van der Waals surface area contributed by atoms with Crippen LogP contribution in [-0.4, -0.2) is 41.4 Å². The summed E-state index contributed by atoms with van der Waals surface area (Å²) in [7, 11) is 0. The van der Waals surface area contributed by atoms with E-state index >= 15 is 0 Å². The smallest absolute Gasteiger partial charge is 0.230 e. The van der Waals surface area contributed by atoms with Crippen molar-refractivity contribution in [1.82, 2.24) is 5.32 Å². The highest BCUT2D eigenvalue weighted by atomic mass is 32.2. The first-order valence-electron chi connectivity index (χ1n) is 6.44. The zero-order valence-corrected chi connectivity index (χ0v) is 12.4. The second-order valence-corrected chi connectivity index (χ2v) is 6.34. The van der Waals surface area contributed by atoms with E-state index in [2.05, 4.69) is 5.32 Å². The van der Waals surface area contributed by atoms with E-state index in [0.717, 1.165) is 13.0 Å². The van der Waals surface area contributed by atoms with Crippen molar-refractivity contribution in [3.8, 4) is 0 Å². The first-order chi connectivity index (χ1) is 8.41. The standard InChI is InChI=1S/C13H23NO3S/c1-8(2)13(9(3)15)14-12(16)7-18-11-5-6-17-10(11)4/h8,10-11,13H,5-7H2,1-4H3,(H,14,16). The predicted molar refractivity (Wildman–Crippen MR) is 73.7 cm³/mol. The molecule has 0 saturated carbocycles. The maximum Gasteiger partial charge on any atom is 0.230 e. The fourth-order valence-electron chi connectivity index (χ4n) is 2.07. The molecule has 104 valence electrons. The maximum atomic E-state index is 11.8. The van der Waals surface area contributed by atoms with E-state index < -0.39 is 0 Å². The van der Waals surface area contributed by atoms with E-state index in [4.69, 9.17) is 4.74 Å². The van der Waals surface area contributed by atoms with Gasteiger partial charge in [0, 0.05) is 11.9 Å². The molecule has 1 fully saturated rings. The van der Waals surface area contributed by atoms with Crippen molar-refractivity contribution in [2.24, 2.45) is 5.92 Å². The van der Waals surface area contributed by atoms with Gasteiger partial charge in [-0.2, -0.15) is 0 Å². The van der Waals surface area contributed by atoms with Gasteiger partial charge in [0.15, 0.2) is 5.78 Å². The van der Waals surface area contributed by atoms with Crippen LogP contribution in [0.25, 0.3) is 0 Å². The van der Waals surface area contributed by atoms with Crippen LogP contribution < -0.4 is 5.32 Å². The summed E-state index contributed by atoms with van der Waals surface area (Å²) >= 11 is 1.62. The van der Waals surface area contributed by atoms with Gasteiger partial charge in [0.2, 0.25) is 5.91 Å². The zero-order valence-electron chi connectivity index (χ0n) is 11.6. The molecule has 1 aliphatic heterocycles. The number of hydrogen-bond acceptors (Lipinski definition) is 4. The molecule has 1 N–H and O–H groups in total. The van der Waals surface area contributed by atoms with Gasteiger partial charge in [0.05, 0.1) is 17.9 Å². The molecular weight excluding hydrogens is 250 g/mol. The monoisotopic (exact) mass is 273 g/mol. The van der Waals surface area contributed by atoms with Gasteiger partial charge in [-0.25, -0.2) is 0 Å². The van der Waals surface area contributed by atoms with Gasteiger partial charge >= 0.3 is 0 Å². The Balaban J connectivity index is 2.34. The summed E-state index contributed by atoms with van der Waals surface area (Å²) in [6.45, 7) is 8.21. The van der Waals surface area contributed by atoms with Crippen molar-refractivity contribution in [3.63, 3.8) is 0 Å². The van der Waals surface area contributed by atoms with Gasteiger partial charge in [-0.1, -0.05) is 13.8 Å². The van der Waals surface area contributed by atoms with E-state index in [1.54, 1.807) is 11.8 Å². The summed E-state index contributed by atoms with van der Waals surface area (Å²) in [6, 6.07) is -0.365. The largest absolute Gasteiger partial charge is 0.377 e. The number of Topliss-reactive ketones (excluding diaryl/α,β-unsaturated/α-hetero) is 1.